The summed E-state index contributed by atoms with van der Waals surface area (Å²) < 4.78 is 0.927. The standard InChI is InChI=1S/C13H16BrNOS/c1-9-4-3-5-11(12(9)14)13(16)15-6-7-17-10(2)8-15/h3-5,10H,6-8H2,1-2H3. The Labute approximate surface area is 115 Å². The molecule has 1 aromatic carbocycles. The first-order valence-electron chi connectivity index (χ1n) is 5.75. The molecule has 2 rings (SSSR count). The zero-order valence-corrected chi connectivity index (χ0v) is 12.5. The van der Waals surface area contributed by atoms with Crippen LogP contribution < -0.4 is 0 Å². The fraction of sp³-hybridized carbons (Fsp3) is 0.462. The number of hydrogen-bond donors (Lipinski definition) is 0. The van der Waals surface area contributed by atoms with Crippen LogP contribution in [0.5, 0.6) is 0 Å². The van der Waals surface area contributed by atoms with Crippen LogP contribution in [-0.4, -0.2) is 34.9 Å². The Bertz CT molecular complexity index is 435. The number of carbonyl (C=O) groups is 1. The summed E-state index contributed by atoms with van der Waals surface area (Å²) in [5.74, 6) is 1.18. The molecule has 17 heavy (non-hydrogen) atoms. The molecule has 1 atom stereocenters. The Morgan fingerprint density at radius 2 is 2.29 bits per heavy atom. The van der Waals surface area contributed by atoms with Crippen LogP contribution in [0.2, 0.25) is 0 Å². The van der Waals surface area contributed by atoms with Gasteiger partial charge in [-0.1, -0.05) is 19.1 Å². The van der Waals surface area contributed by atoms with E-state index in [-0.39, 0.29) is 5.91 Å². The highest BCUT2D eigenvalue weighted by atomic mass is 79.9. The van der Waals surface area contributed by atoms with Crippen molar-refractivity contribution in [3.05, 3.63) is 33.8 Å². The Kier molecular flexibility index (Phi) is 4.15. The molecule has 0 aromatic heterocycles. The number of hydrogen-bond acceptors (Lipinski definition) is 2. The number of carbonyl (C=O) groups excluding carboxylic acids is 1. The van der Waals surface area contributed by atoms with Crippen molar-refractivity contribution in [3.8, 4) is 0 Å². The summed E-state index contributed by atoms with van der Waals surface area (Å²) in [5.41, 5.74) is 1.89. The van der Waals surface area contributed by atoms with Crippen LogP contribution >= 0.6 is 27.7 Å². The highest BCUT2D eigenvalue weighted by Crippen LogP contribution is 2.25. The smallest absolute Gasteiger partial charge is 0.255 e. The molecule has 0 saturated carbocycles. The van der Waals surface area contributed by atoms with Crippen molar-refractivity contribution in [2.45, 2.75) is 19.1 Å². The van der Waals surface area contributed by atoms with Gasteiger partial charge in [0.05, 0.1) is 5.56 Å². The number of aryl methyl sites for hydroxylation is 1. The number of thioether (sulfide) groups is 1. The number of benzene rings is 1. The minimum Gasteiger partial charge on any atom is -0.337 e. The predicted octanol–water partition coefficient (Wildman–Crippen LogP) is 3.34. The maximum atomic E-state index is 12.4. The first-order chi connectivity index (χ1) is 8.09. The first kappa shape index (κ1) is 13.0. The van der Waals surface area contributed by atoms with E-state index in [0.29, 0.717) is 5.25 Å². The number of nitrogens with zero attached hydrogens (tertiary/aromatic N) is 1. The van der Waals surface area contributed by atoms with Crippen molar-refractivity contribution in [2.75, 3.05) is 18.8 Å². The van der Waals surface area contributed by atoms with Crippen molar-refractivity contribution < 1.29 is 4.79 Å². The van der Waals surface area contributed by atoms with E-state index < -0.39 is 0 Å². The van der Waals surface area contributed by atoms with Gasteiger partial charge in [0.1, 0.15) is 0 Å². The SMILES string of the molecule is Cc1cccc(C(=O)N2CCSC(C)C2)c1Br. The second-order valence-electron chi connectivity index (χ2n) is 4.37. The summed E-state index contributed by atoms with van der Waals surface area (Å²) >= 11 is 5.45. The van der Waals surface area contributed by atoms with Crippen molar-refractivity contribution in [3.63, 3.8) is 0 Å². The highest BCUT2D eigenvalue weighted by molar-refractivity contribution is 9.10. The van der Waals surface area contributed by atoms with Crippen molar-refractivity contribution in [2.24, 2.45) is 0 Å². The molecule has 92 valence electrons. The zero-order chi connectivity index (χ0) is 12.4. The fourth-order valence-electron chi connectivity index (χ4n) is 1.99. The van der Waals surface area contributed by atoms with Gasteiger partial charge in [-0.3, -0.25) is 4.79 Å². The van der Waals surface area contributed by atoms with Crippen molar-refractivity contribution >= 4 is 33.6 Å². The average Bonchev–Trinajstić information content (AvgIpc) is 2.32. The van der Waals surface area contributed by atoms with Crippen LogP contribution in [-0.2, 0) is 0 Å². The topological polar surface area (TPSA) is 20.3 Å². The van der Waals surface area contributed by atoms with E-state index in [1.54, 1.807) is 0 Å². The second kappa shape index (κ2) is 5.44. The first-order valence-corrected chi connectivity index (χ1v) is 7.59. The molecule has 1 saturated heterocycles. The monoisotopic (exact) mass is 313 g/mol. The summed E-state index contributed by atoms with van der Waals surface area (Å²) in [4.78, 5) is 14.4. The summed E-state index contributed by atoms with van der Waals surface area (Å²) in [6, 6.07) is 5.84. The zero-order valence-electron chi connectivity index (χ0n) is 10.1. The van der Waals surface area contributed by atoms with Crippen LogP contribution in [0.4, 0.5) is 0 Å². The van der Waals surface area contributed by atoms with Gasteiger partial charge in [0.2, 0.25) is 0 Å². The normalized spacial score (nSPS) is 20.4. The Morgan fingerprint density at radius 1 is 1.53 bits per heavy atom. The summed E-state index contributed by atoms with van der Waals surface area (Å²) in [5, 5.41) is 0.538. The molecule has 1 aromatic rings. The quantitative estimate of drug-likeness (QED) is 0.792. The Hall–Kier alpha value is -0.480. The van der Waals surface area contributed by atoms with Gasteiger partial charge in [0.15, 0.2) is 0 Å². The van der Waals surface area contributed by atoms with Crippen LogP contribution in [0, 0.1) is 6.92 Å². The van der Waals surface area contributed by atoms with Crippen LogP contribution in [0.15, 0.2) is 22.7 Å². The van der Waals surface area contributed by atoms with Gasteiger partial charge in [0.25, 0.3) is 5.91 Å². The molecular weight excluding hydrogens is 298 g/mol. The lowest BCUT2D eigenvalue weighted by atomic mass is 10.1. The Balaban J connectivity index is 2.22. The predicted molar refractivity (Wildman–Crippen MR) is 76.7 cm³/mol. The van der Waals surface area contributed by atoms with E-state index in [2.05, 4.69) is 22.9 Å². The maximum absolute atomic E-state index is 12.4. The minimum absolute atomic E-state index is 0.146. The lowest BCUT2D eigenvalue weighted by Gasteiger charge is -2.31. The van der Waals surface area contributed by atoms with Crippen molar-refractivity contribution in [1.82, 2.24) is 4.90 Å². The third kappa shape index (κ3) is 2.86. The molecule has 1 fully saturated rings. The van der Waals surface area contributed by atoms with E-state index in [0.717, 1.165) is 34.4 Å². The average molecular weight is 314 g/mol. The van der Waals surface area contributed by atoms with E-state index >= 15 is 0 Å². The summed E-state index contributed by atoms with van der Waals surface area (Å²) in [6.45, 7) is 5.89. The third-order valence-electron chi connectivity index (χ3n) is 2.95. The van der Waals surface area contributed by atoms with Crippen molar-refractivity contribution in [1.29, 1.82) is 0 Å². The van der Waals surface area contributed by atoms with E-state index in [9.17, 15) is 4.79 Å². The number of halogens is 1. The molecule has 1 aliphatic rings. The second-order valence-corrected chi connectivity index (χ2v) is 6.71. The molecular formula is C13H16BrNOS. The lowest BCUT2D eigenvalue weighted by Crippen LogP contribution is -2.41. The Morgan fingerprint density at radius 3 is 3.00 bits per heavy atom. The van der Waals surface area contributed by atoms with E-state index in [4.69, 9.17) is 0 Å². The van der Waals surface area contributed by atoms with E-state index in [1.807, 2.05) is 41.8 Å². The molecule has 0 spiro atoms. The molecule has 1 aliphatic heterocycles. The van der Waals surface area contributed by atoms with Gasteiger partial charge in [-0.25, -0.2) is 0 Å². The molecule has 0 N–H and O–H groups in total. The largest absolute Gasteiger partial charge is 0.337 e. The van der Waals surface area contributed by atoms with E-state index in [1.165, 1.54) is 0 Å². The van der Waals surface area contributed by atoms with Gasteiger partial charge in [-0.2, -0.15) is 11.8 Å². The van der Waals surface area contributed by atoms with Gasteiger partial charge in [-0.05, 0) is 34.5 Å². The van der Waals surface area contributed by atoms with Crippen LogP contribution in [0.3, 0.4) is 0 Å². The molecule has 1 amide bonds. The molecule has 1 unspecified atom stereocenters. The summed E-state index contributed by atoms with van der Waals surface area (Å²) in [6.07, 6.45) is 0. The molecule has 0 radical (unpaired) electrons. The molecule has 0 aliphatic carbocycles. The minimum atomic E-state index is 0.146. The molecule has 1 heterocycles. The fourth-order valence-corrected chi connectivity index (χ4v) is 3.43. The summed E-state index contributed by atoms with van der Waals surface area (Å²) in [7, 11) is 0. The van der Waals surface area contributed by atoms with Gasteiger partial charge in [0, 0.05) is 28.6 Å². The number of amides is 1. The molecule has 4 heteroatoms. The van der Waals surface area contributed by atoms with Crippen LogP contribution in [0.1, 0.15) is 22.8 Å². The lowest BCUT2D eigenvalue weighted by molar-refractivity contribution is 0.0762. The molecule has 0 bridgehead atoms. The van der Waals surface area contributed by atoms with Gasteiger partial charge in [-0.15, -0.1) is 0 Å². The van der Waals surface area contributed by atoms with Crippen LogP contribution in [0.25, 0.3) is 0 Å². The molecule has 2 nitrogen and oxygen atoms in total. The highest BCUT2D eigenvalue weighted by Gasteiger charge is 2.23. The van der Waals surface area contributed by atoms with Gasteiger partial charge >= 0.3 is 0 Å². The maximum Gasteiger partial charge on any atom is 0.255 e. The number of rotatable bonds is 1. The van der Waals surface area contributed by atoms with Gasteiger partial charge < -0.3 is 4.90 Å². The third-order valence-corrected chi connectivity index (χ3v) is 5.14.